The van der Waals surface area contributed by atoms with Gasteiger partial charge in [-0.1, -0.05) is 36.4 Å². The van der Waals surface area contributed by atoms with Crippen LogP contribution in [0.1, 0.15) is 31.1 Å². The molecular formula is C25H33NO6. The van der Waals surface area contributed by atoms with E-state index < -0.39 is 0 Å². The zero-order valence-electron chi connectivity index (χ0n) is 19.0. The van der Waals surface area contributed by atoms with Gasteiger partial charge in [0.25, 0.3) is 0 Å². The van der Waals surface area contributed by atoms with Gasteiger partial charge in [0.1, 0.15) is 19.3 Å². The molecule has 2 aromatic carbocycles. The molecule has 0 saturated carbocycles. The maximum absolute atomic E-state index is 11.4. The molecule has 1 atom stereocenters. The molecule has 32 heavy (non-hydrogen) atoms. The number of benzene rings is 2. The molecule has 2 aromatic rings. The van der Waals surface area contributed by atoms with Crippen molar-refractivity contribution in [2.24, 2.45) is 0 Å². The second-order valence-electron chi connectivity index (χ2n) is 7.60. The third kappa shape index (κ3) is 7.82. The number of para-hydroxylation sites is 2. The fourth-order valence-electron chi connectivity index (χ4n) is 3.60. The maximum Gasteiger partial charge on any atom is 0.303 e. The van der Waals surface area contributed by atoms with Crippen molar-refractivity contribution < 1.29 is 28.5 Å². The third-order valence-electron chi connectivity index (χ3n) is 5.15. The minimum Gasteiger partial charge on any atom is -0.487 e. The lowest BCUT2D eigenvalue weighted by Gasteiger charge is -2.25. The molecule has 0 spiro atoms. The number of esters is 1. The quantitative estimate of drug-likeness (QED) is 0.669. The van der Waals surface area contributed by atoms with Gasteiger partial charge in [-0.15, -0.1) is 0 Å². The summed E-state index contributed by atoms with van der Waals surface area (Å²) in [5, 5.41) is 0. The monoisotopic (exact) mass is 443 g/mol. The van der Waals surface area contributed by atoms with E-state index in [0.717, 1.165) is 24.2 Å². The van der Waals surface area contributed by atoms with Crippen LogP contribution in [0.15, 0.2) is 48.5 Å². The lowest BCUT2D eigenvalue weighted by atomic mass is 10.0. The van der Waals surface area contributed by atoms with E-state index in [2.05, 4.69) is 11.0 Å². The molecule has 7 heteroatoms. The number of hydrogen-bond acceptors (Lipinski definition) is 7. The fourth-order valence-corrected chi connectivity index (χ4v) is 3.60. The van der Waals surface area contributed by atoms with Gasteiger partial charge in [0.05, 0.1) is 26.4 Å². The van der Waals surface area contributed by atoms with E-state index in [1.165, 1.54) is 6.92 Å². The summed E-state index contributed by atoms with van der Waals surface area (Å²) in [4.78, 5) is 13.7. The van der Waals surface area contributed by atoms with Crippen molar-refractivity contribution in [1.29, 1.82) is 0 Å². The SMILES string of the molecule is CC(=O)O[C@H](C)c1ccccc1CN1CCOCCOc2ccccc2OCCOCC1. The molecule has 0 N–H and O–H groups in total. The lowest BCUT2D eigenvalue weighted by Crippen LogP contribution is -2.32. The standard InChI is InChI=1S/C25H33NO6/c1-20(32-21(2)27)23-8-4-3-7-22(23)19-26-11-13-28-15-17-30-24-9-5-6-10-25(24)31-18-16-29-14-12-26/h3-10,20H,11-19H2,1-2H3/t20-/m1/s1. The molecule has 1 aliphatic rings. The van der Waals surface area contributed by atoms with Crippen LogP contribution in [0.5, 0.6) is 11.5 Å². The summed E-state index contributed by atoms with van der Waals surface area (Å²) < 4.78 is 28.6. The maximum atomic E-state index is 11.4. The van der Waals surface area contributed by atoms with Gasteiger partial charge in [0.2, 0.25) is 0 Å². The zero-order chi connectivity index (χ0) is 22.6. The van der Waals surface area contributed by atoms with Crippen molar-refractivity contribution in [3.63, 3.8) is 0 Å². The third-order valence-corrected chi connectivity index (χ3v) is 5.15. The van der Waals surface area contributed by atoms with Crippen LogP contribution in [0.2, 0.25) is 0 Å². The van der Waals surface area contributed by atoms with E-state index in [1.807, 2.05) is 49.4 Å². The number of carbonyl (C=O) groups is 1. The Morgan fingerprint density at radius 1 is 0.875 bits per heavy atom. The molecular weight excluding hydrogens is 410 g/mol. The second-order valence-corrected chi connectivity index (χ2v) is 7.60. The summed E-state index contributed by atoms with van der Waals surface area (Å²) in [6, 6.07) is 15.7. The number of rotatable bonds is 4. The van der Waals surface area contributed by atoms with Gasteiger partial charge >= 0.3 is 5.97 Å². The number of carbonyl (C=O) groups excluding carboxylic acids is 1. The Kier molecular flexibility index (Phi) is 9.81. The number of ether oxygens (including phenoxy) is 5. The molecule has 0 aliphatic carbocycles. The van der Waals surface area contributed by atoms with Gasteiger partial charge in [-0.05, 0) is 30.2 Å². The van der Waals surface area contributed by atoms with Crippen LogP contribution >= 0.6 is 0 Å². The highest BCUT2D eigenvalue weighted by molar-refractivity contribution is 5.66. The fraction of sp³-hybridized carbons (Fsp3) is 0.480. The van der Waals surface area contributed by atoms with Gasteiger partial charge in [-0.3, -0.25) is 9.69 Å². The Bertz CT molecular complexity index is 808. The van der Waals surface area contributed by atoms with Crippen LogP contribution in [-0.2, 0) is 25.5 Å². The van der Waals surface area contributed by atoms with Crippen molar-refractivity contribution in [3.05, 3.63) is 59.7 Å². The molecule has 0 saturated heterocycles. The molecule has 0 amide bonds. The topological polar surface area (TPSA) is 66.5 Å². The van der Waals surface area contributed by atoms with Gasteiger partial charge in [-0.2, -0.15) is 0 Å². The van der Waals surface area contributed by atoms with Crippen LogP contribution in [0, 0.1) is 0 Å². The molecule has 7 nitrogen and oxygen atoms in total. The number of hydrogen-bond donors (Lipinski definition) is 0. The van der Waals surface area contributed by atoms with Gasteiger partial charge in [-0.25, -0.2) is 0 Å². The molecule has 1 heterocycles. The average molecular weight is 444 g/mol. The zero-order valence-corrected chi connectivity index (χ0v) is 19.0. The normalized spacial score (nSPS) is 17.6. The highest BCUT2D eigenvalue weighted by Gasteiger charge is 2.16. The van der Waals surface area contributed by atoms with Crippen LogP contribution in [-0.4, -0.2) is 63.6 Å². The van der Waals surface area contributed by atoms with Gasteiger partial charge in [0, 0.05) is 26.6 Å². The van der Waals surface area contributed by atoms with Gasteiger partial charge in [0.15, 0.2) is 11.5 Å². The van der Waals surface area contributed by atoms with Crippen molar-refractivity contribution >= 4 is 5.97 Å². The second kappa shape index (κ2) is 13.1. The molecule has 174 valence electrons. The summed E-state index contributed by atoms with van der Waals surface area (Å²) in [5.41, 5.74) is 2.14. The summed E-state index contributed by atoms with van der Waals surface area (Å²) >= 11 is 0. The molecule has 1 aliphatic heterocycles. The van der Waals surface area contributed by atoms with Crippen molar-refractivity contribution in [3.8, 4) is 11.5 Å². The van der Waals surface area contributed by atoms with E-state index >= 15 is 0 Å². The summed E-state index contributed by atoms with van der Waals surface area (Å²) in [6.07, 6.45) is -0.296. The van der Waals surface area contributed by atoms with Crippen LogP contribution < -0.4 is 9.47 Å². The van der Waals surface area contributed by atoms with E-state index in [4.69, 9.17) is 23.7 Å². The predicted octanol–water partition coefficient (Wildman–Crippen LogP) is 3.62. The Morgan fingerprint density at radius 2 is 1.44 bits per heavy atom. The predicted molar refractivity (Wildman–Crippen MR) is 121 cm³/mol. The van der Waals surface area contributed by atoms with E-state index in [1.54, 1.807) is 0 Å². The molecule has 0 unspecified atom stereocenters. The first-order chi connectivity index (χ1) is 15.6. The molecule has 0 radical (unpaired) electrons. The first-order valence-corrected chi connectivity index (χ1v) is 11.1. The highest BCUT2D eigenvalue weighted by atomic mass is 16.6. The Morgan fingerprint density at radius 3 is 2.03 bits per heavy atom. The minimum atomic E-state index is -0.296. The molecule has 3 rings (SSSR count). The summed E-state index contributed by atoms with van der Waals surface area (Å²) in [6.45, 7) is 8.65. The largest absolute Gasteiger partial charge is 0.487 e. The smallest absolute Gasteiger partial charge is 0.303 e. The van der Waals surface area contributed by atoms with Crippen LogP contribution in [0.3, 0.4) is 0 Å². The highest BCUT2D eigenvalue weighted by Crippen LogP contribution is 2.26. The Balaban J connectivity index is 1.60. The minimum absolute atomic E-state index is 0.282. The summed E-state index contributed by atoms with van der Waals surface area (Å²) in [5.74, 6) is 1.15. The van der Waals surface area contributed by atoms with Crippen LogP contribution in [0.4, 0.5) is 0 Å². The van der Waals surface area contributed by atoms with E-state index in [-0.39, 0.29) is 12.1 Å². The molecule has 0 bridgehead atoms. The van der Waals surface area contributed by atoms with Crippen LogP contribution in [0.25, 0.3) is 0 Å². The van der Waals surface area contributed by atoms with E-state index in [9.17, 15) is 4.79 Å². The van der Waals surface area contributed by atoms with Gasteiger partial charge < -0.3 is 23.7 Å². The first kappa shape index (κ1) is 24.0. The number of nitrogens with zero attached hydrogens (tertiary/aromatic N) is 1. The molecule has 0 aromatic heterocycles. The van der Waals surface area contributed by atoms with Crippen molar-refractivity contribution in [2.45, 2.75) is 26.5 Å². The molecule has 0 fully saturated rings. The first-order valence-electron chi connectivity index (χ1n) is 11.1. The Labute approximate surface area is 190 Å². The Hall–Kier alpha value is -2.61. The van der Waals surface area contributed by atoms with E-state index in [0.29, 0.717) is 57.7 Å². The van der Waals surface area contributed by atoms with Crippen molar-refractivity contribution in [2.75, 3.05) is 52.7 Å². The lowest BCUT2D eigenvalue weighted by molar-refractivity contribution is -0.145. The summed E-state index contributed by atoms with van der Waals surface area (Å²) in [7, 11) is 0. The average Bonchev–Trinajstić information content (AvgIpc) is 2.79. The van der Waals surface area contributed by atoms with Crippen molar-refractivity contribution in [1.82, 2.24) is 4.90 Å². The number of fused-ring (bicyclic) bond motifs is 1.